The molecule has 0 saturated carbocycles. The maximum atomic E-state index is 11.7. The Morgan fingerprint density at radius 2 is 2.05 bits per heavy atom. The molecule has 0 aliphatic rings. The minimum absolute atomic E-state index is 0.107. The van der Waals surface area contributed by atoms with Gasteiger partial charge in [-0.15, -0.1) is 0 Å². The summed E-state index contributed by atoms with van der Waals surface area (Å²) in [4.78, 5) is 19.7. The van der Waals surface area contributed by atoms with Crippen molar-refractivity contribution in [2.45, 2.75) is 13.0 Å². The summed E-state index contributed by atoms with van der Waals surface area (Å²) in [6, 6.07) is 5.14. The monoisotopic (exact) mass is 295 g/mol. The third-order valence-electron chi connectivity index (χ3n) is 2.43. The van der Waals surface area contributed by atoms with E-state index in [9.17, 15) is 4.79 Å². The van der Waals surface area contributed by atoms with Crippen LogP contribution >= 0.6 is 23.2 Å². The molecule has 0 saturated heterocycles. The highest BCUT2D eigenvalue weighted by molar-refractivity contribution is 6.42. The summed E-state index contributed by atoms with van der Waals surface area (Å²) in [6.45, 7) is 0.355. The summed E-state index contributed by atoms with van der Waals surface area (Å²) in [5, 5.41) is 3.69. The van der Waals surface area contributed by atoms with Crippen LogP contribution in [0.2, 0.25) is 10.0 Å². The van der Waals surface area contributed by atoms with E-state index in [1.165, 1.54) is 0 Å². The molecule has 1 aromatic carbocycles. The fourth-order valence-electron chi connectivity index (χ4n) is 1.51. The molecule has 1 N–H and O–H groups in total. The number of halogens is 2. The van der Waals surface area contributed by atoms with Crippen molar-refractivity contribution in [2.24, 2.45) is 0 Å². The number of carbonyl (C=O) groups is 1. The van der Waals surface area contributed by atoms with Gasteiger partial charge in [-0.2, -0.15) is 0 Å². The Hall–Kier alpha value is -1.65. The van der Waals surface area contributed by atoms with E-state index in [1.54, 1.807) is 36.8 Å². The third-order valence-corrected chi connectivity index (χ3v) is 3.17. The number of aromatic nitrogens is 2. The quantitative estimate of drug-likeness (QED) is 0.943. The molecule has 4 nitrogen and oxygen atoms in total. The average molecular weight is 296 g/mol. The Labute approximate surface area is 120 Å². The number of hydrogen-bond acceptors (Lipinski definition) is 3. The molecule has 2 aromatic rings. The Kier molecular flexibility index (Phi) is 4.71. The van der Waals surface area contributed by atoms with Crippen LogP contribution < -0.4 is 5.32 Å². The van der Waals surface area contributed by atoms with Crippen LogP contribution in [-0.2, 0) is 17.8 Å². The van der Waals surface area contributed by atoms with E-state index in [-0.39, 0.29) is 12.3 Å². The summed E-state index contributed by atoms with van der Waals surface area (Å²) in [7, 11) is 0. The molecule has 98 valence electrons. The highest BCUT2D eigenvalue weighted by Gasteiger charge is 2.06. The first kappa shape index (κ1) is 13.8. The van der Waals surface area contributed by atoms with Gasteiger partial charge in [-0.3, -0.25) is 14.8 Å². The Morgan fingerprint density at radius 1 is 1.21 bits per heavy atom. The van der Waals surface area contributed by atoms with Crippen LogP contribution in [0, 0.1) is 0 Å². The van der Waals surface area contributed by atoms with Gasteiger partial charge in [0.1, 0.15) is 0 Å². The highest BCUT2D eigenvalue weighted by atomic mass is 35.5. The van der Waals surface area contributed by atoms with Crippen molar-refractivity contribution < 1.29 is 4.79 Å². The second kappa shape index (κ2) is 6.50. The Balaban J connectivity index is 1.89. The number of benzene rings is 1. The van der Waals surface area contributed by atoms with E-state index in [2.05, 4.69) is 15.3 Å². The molecule has 0 atom stereocenters. The molecular formula is C13H11Cl2N3O. The lowest BCUT2D eigenvalue weighted by atomic mass is 10.1. The van der Waals surface area contributed by atoms with Gasteiger partial charge >= 0.3 is 0 Å². The topological polar surface area (TPSA) is 54.9 Å². The lowest BCUT2D eigenvalue weighted by Gasteiger charge is -2.05. The van der Waals surface area contributed by atoms with Crippen molar-refractivity contribution in [3.8, 4) is 0 Å². The standard InChI is InChI=1S/C13H11Cl2N3O/c14-11-2-1-9(5-12(11)15)6-13(19)18-8-10-7-16-3-4-17-10/h1-5,7H,6,8H2,(H,18,19). The molecular weight excluding hydrogens is 285 g/mol. The molecule has 19 heavy (non-hydrogen) atoms. The van der Waals surface area contributed by atoms with Crippen LogP contribution in [0.15, 0.2) is 36.8 Å². The first-order valence-corrected chi connectivity index (χ1v) is 6.36. The second-order valence-corrected chi connectivity index (χ2v) is 4.71. The van der Waals surface area contributed by atoms with Crippen molar-refractivity contribution in [3.63, 3.8) is 0 Å². The van der Waals surface area contributed by atoms with E-state index >= 15 is 0 Å². The van der Waals surface area contributed by atoms with Gasteiger partial charge in [-0.05, 0) is 17.7 Å². The zero-order valence-corrected chi connectivity index (χ0v) is 11.4. The smallest absolute Gasteiger partial charge is 0.224 e. The number of nitrogens with zero attached hydrogens (tertiary/aromatic N) is 2. The largest absolute Gasteiger partial charge is 0.350 e. The van der Waals surface area contributed by atoms with Gasteiger partial charge in [-0.1, -0.05) is 29.3 Å². The average Bonchev–Trinajstić information content (AvgIpc) is 2.42. The molecule has 0 aliphatic heterocycles. The number of amides is 1. The van der Waals surface area contributed by atoms with Crippen molar-refractivity contribution >= 4 is 29.1 Å². The molecule has 0 aliphatic carbocycles. The first-order chi connectivity index (χ1) is 9.15. The molecule has 1 aromatic heterocycles. The molecule has 1 heterocycles. The van der Waals surface area contributed by atoms with Gasteiger partial charge in [0.25, 0.3) is 0 Å². The molecule has 1 amide bonds. The van der Waals surface area contributed by atoms with Crippen LogP contribution in [0.5, 0.6) is 0 Å². The van der Waals surface area contributed by atoms with Crippen LogP contribution in [0.4, 0.5) is 0 Å². The van der Waals surface area contributed by atoms with Crippen molar-refractivity contribution in [1.29, 1.82) is 0 Å². The van der Waals surface area contributed by atoms with Gasteiger partial charge in [-0.25, -0.2) is 0 Å². The van der Waals surface area contributed by atoms with Gasteiger partial charge in [0, 0.05) is 12.4 Å². The number of nitrogens with one attached hydrogen (secondary N) is 1. The van der Waals surface area contributed by atoms with E-state index in [4.69, 9.17) is 23.2 Å². The predicted octanol–water partition coefficient (Wildman–Crippen LogP) is 2.64. The Bertz CT molecular complexity index is 575. The summed E-state index contributed by atoms with van der Waals surface area (Å²) in [5.41, 5.74) is 1.52. The predicted molar refractivity (Wildman–Crippen MR) is 74.0 cm³/mol. The van der Waals surface area contributed by atoms with Gasteiger partial charge in [0.2, 0.25) is 5.91 Å². The fraction of sp³-hybridized carbons (Fsp3) is 0.154. The maximum absolute atomic E-state index is 11.7. The number of hydrogen-bond donors (Lipinski definition) is 1. The molecule has 2 rings (SSSR count). The third kappa shape index (κ3) is 4.19. The Morgan fingerprint density at radius 3 is 2.74 bits per heavy atom. The molecule has 0 bridgehead atoms. The maximum Gasteiger partial charge on any atom is 0.224 e. The summed E-state index contributed by atoms with van der Waals surface area (Å²) in [6.07, 6.45) is 5.03. The zero-order valence-electron chi connectivity index (χ0n) is 9.94. The van der Waals surface area contributed by atoms with Crippen molar-refractivity contribution in [3.05, 3.63) is 58.1 Å². The van der Waals surface area contributed by atoms with E-state index in [1.807, 2.05) is 0 Å². The van der Waals surface area contributed by atoms with Gasteiger partial charge in [0.05, 0.1) is 34.9 Å². The minimum atomic E-state index is -0.107. The molecule has 6 heteroatoms. The lowest BCUT2D eigenvalue weighted by molar-refractivity contribution is -0.120. The van der Waals surface area contributed by atoms with Crippen LogP contribution in [-0.4, -0.2) is 15.9 Å². The van der Waals surface area contributed by atoms with E-state index in [0.29, 0.717) is 22.3 Å². The highest BCUT2D eigenvalue weighted by Crippen LogP contribution is 2.22. The van der Waals surface area contributed by atoms with E-state index < -0.39 is 0 Å². The molecule has 0 fully saturated rings. The molecule has 0 unspecified atom stereocenters. The molecule has 0 radical (unpaired) electrons. The van der Waals surface area contributed by atoms with Gasteiger partial charge < -0.3 is 5.32 Å². The summed E-state index contributed by atoms with van der Waals surface area (Å²) in [5.74, 6) is -0.107. The second-order valence-electron chi connectivity index (χ2n) is 3.90. The normalized spacial score (nSPS) is 10.2. The van der Waals surface area contributed by atoms with Gasteiger partial charge in [0.15, 0.2) is 0 Å². The summed E-state index contributed by atoms with van der Waals surface area (Å²) >= 11 is 11.7. The van der Waals surface area contributed by atoms with Crippen molar-refractivity contribution in [1.82, 2.24) is 15.3 Å². The lowest BCUT2D eigenvalue weighted by Crippen LogP contribution is -2.25. The number of carbonyl (C=O) groups excluding carboxylic acids is 1. The number of rotatable bonds is 4. The SMILES string of the molecule is O=C(Cc1ccc(Cl)c(Cl)c1)NCc1cnccn1. The summed E-state index contributed by atoms with van der Waals surface area (Å²) < 4.78 is 0. The fourth-order valence-corrected chi connectivity index (χ4v) is 1.83. The van der Waals surface area contributed by atoms with Crippen LogP contribution in [0.1, 0.15) is 11.3 Å². The molecule has 0 spiro atoms. The minimum Gasteiger partial charge on any atom is -0.350 e. The van der Waals surface area contributed by atoms with Crippen LogP contribution in [0.3, 0.4) is 0 Å². The van der Waals surface area contributed by atoms with Crippen molar-refractivity contribution in [2.75, 3.05) is 0 Å². The zero-order chi connectivity index (χ0) is 13.7. The van der Waals surface area contributed by atoms with E-state index in [0.717, 1.165) is 5.56 Å². The van der Waals surface area contributed by atoms with Crippen LogP contribution in [0.25, 0.3) is 0 Å². The first-order valence-electron chi connectivity index (χ1n) is 5.60.